The minimum absolute atomic E-state index is 0.0180. The molecule has 1 aliphatic carbocycles. The van der Waals surface area contributed by atoms with Gasteiger partial charge in [0.1, 0.15) is 6.10 Å². The van der Waals surface area contributed by atoms with Crippen molar-refractivity contribution in [2.75, 3.05) is 6.54 Å². The van der Waals surface area contributed by atoms with Crippen molar-refractivity contribution in [1.29, 1.82) is 0 Å². The predicted octanol–water partition coefficient (Wildman–Crippen LogP) is 4.33. The zero-order chi connectivity index (χ0) is 14.5. The molecule has 3 heteroatoms. The van der Waals surface area contributed by atoms with Crippen LogP contribution in [0.5, 0.6) is 0 Å². The highest BCUT2D eigenvalue weighted by Gasteiger charge is 2.14. The van der Waals surface area contributed by atoms with Crippen LogP contribution in [0.1, 0.15) is 89.9 Å². The van der Waals surface area contributed by atoms with Crippen LogP contribution >= 0.6 is 0 Å². The summed E-state index contributed by atoms with van der Waals surface area (Å²) < 4.78 is 5.66. The summed E-state index contributed by atoms with van der Waals surface area (Å²) in [5, 5.41) is 0. The third-order valence-corrected chi connectivity index (χ3v) is 4.19. The van der Waals surface area contributed by atoms with Gasteiger partial charge in [0.05, 0.1) is 0 Å². The molecule has 20 heavy (non-hydrogen) atoms. The molecule has 0 bridgehead atoms. The predicted molar refractivity (Wildman–Crippen MR) is 83.6 cm³/mol. The van der Waals surface area contributed by atoms with E-state index in [1.807, 2.05) is 0 Å². The molecule has 0 spiro atoms. The molecule has 0 aromatic heterocycles. The number of carbonyl (C=O) groups excluding carboxylic acids is 1. The lowest BCUT2D eigenvalue weighted by Gasteiger charge is -2.18. The Morgan fingerprint density at radius 1 is 0.850 bits per heavy atom. The van der Waals surface area contributed by atoms with Crippen molar-refractivity contribution in [3.8, 4) is 0 Å². The quantitative estimate of drug-likeness (QED) is 0.603. The molecule has 1 saturated carbocycles. The molecule has 0 saturated heterocycles. The summed E-state index contributed by atoms with van der Waals surface area (Å²) in [4.78, 5) is 11.8. The number of carbonyl (C=O) groups is 1. The third-order valence-electron chi connectivity index (χ3n) is 4.19. The zero-order valence-corrected chi connectivity index (χ0v) is 13.1. The summed E-state index contributed by atoms with van der Waals surface area (Å²) in [5.41, 5.74) is 5.44. The smallest absolute Gasteiger partial charge is 0.306 e. The first kappa shape index (κ1) is 17.5. The molecule has 2 N–H and O–H groups in total. The van der Waals surface area contributed by atoms with Gasteiger partial charge in [-0.25, -0.2) is 0 Å². The number of esters is 1. The Hall–Kier alpha value is -0.570. The van der Waals surface area contributed by atoms with E-state index in [0.717, 1.165) is 25.7 Å². The van der Waals surface area contributed by atoms with E-state index in [9.17, 15) is 4.79 Å². The fourth-order valence-corrected chi connectivity index (χ4v) is 2.90. The second-order valence-electron chi connectivity index (χ2n) is 6.12. The summed E-state index contributed by atoms with van der Waals surface area (Å²) in [6.07, 6.45) is 16.4. The Balaban J connectivity index is 2.25. The standard InChI is InChI=1S/C17H33NO2/c18-15-11-10-14-17(19)20-16-12-8-6-4-2-1-3-5-7-9-13-16/h16H,1-15,18H2. The van der Waals surface area contributed by atoms with Crippen molar-refractivity contribution in [3.63, 3.8) is 0 Å². The first-order chi connectivity index (χ1) is 9.83. The van der Waals surface area contributed by atoms with Crippen LogP contribution in [0.4, 0.5) is 0 Å². The number of nitrogens with two attached hydrogens (primary N) is 1. The van der Waals surface area contributed by atoms with Crippen LogP contribution in [0.15, 0.2) is 0 Å². The van der Waals surface area contributed by atoms with Gasteiger partial charge >= 0.3 is 5.97 Å². The molecular formula is C17H33NO2. The minimum atomic E-state index is -0.0180. The second kappa shape index (κ2) is 12.2. The maximum Gasteiger partial charge on any atom is 0.306 e. The van der Waals surface area contributed by atoms with Crippen LogP contribution in [-0.4, -0.2) is 18.6 Å². The van der Waals surface area contributed by atoms with E-state index in [1.54, 1.807) is 0 Å². The van der Waals surface area contributed by atoms with Crippen molar-refractivity contribution in [1.82, 2.24) is 0 Å². The molecule has 0 atom stereocenters. The minimum Gasteiger partial charge on any atom is -0.462 e. The van der Waals surface area contributed by atoms with Gasteiger partial charge in [-0.15, -0.1) is 0 Å². The van der Waals surface area contributed by atoms with Gasteiger partial charge in [0.15, 0.2) is 0 Å². The lowest BCUT2D eigenvalue weighted by Crippen LogP contribution is -2.18. The molecular weight excluding hydrogens is 250 g/mol. The van der Waals surface area contributed by atoms with Crippen LogP contribution in [0.3, 0.4) is 0 Å². The number of hydrogen-bond acceptors (Lipinski definition) is 3. The molecule has 1 rings (SSSR count). The van der Waals surface area contributed by atoms with E-state index in [4.69, 9.17) is 10.5 Å². The van der Waals surface area contributed by atoms with Gasteiger partial charge in [0.2, 0.25) is 0 Å². The Kier molecular flexibility index (Phi) is 10.7. The largest absolute Gasteiger partial charge is 0.462 e. The second-order valence-corrected chi connectivity index (χ2v) is 6.12. The zero-order valence-electron chi connectivity index (χ0n) is 13.1. The highest BCUT2D eigenvalue weighted by Crippen LogP contribution is 2.19. The van der Waals surface area contributed by atoms with Crippen LogP contribution in [0.2, 0.25) is 0 Å². The normalized spacial score (nSPS) is 19.9. The molecule has 118 valence electrons. The summed E-state index contributed by atoms with van der Waals surface area (Å²) in [5.74, 6) is -0.0180. The molecule has 0 unspecified atom stereocenters. The molecule has 0 radical (unpaired) electrons. The third kappa shape index (κ3) is 9.35. The molecule has 3 nitrogen and oxygen atoms in total. The average molecular weight is 283 g/mol. The lowest BCUT2D eigenvalue weighted by atomic mass is 9.99. The molecule has 0 amide bonds. The Morgan fingerprint density at radius 3 is 1.85 bits per heavy atom. The van der Waals surface area contributed by atoms with Crippen LogP contribution < -0.4 is 5.73 Å². The fraction of sp³-hybridized carbons (Fsp3) is 0.941. The number of hydrogen-bond donors (Lipinski definition) is 1. The van der Waals surface area contributed by atoms with Gasteiger partial charge in [0, 0.05) is 6.42 Å². The van der Waals surface area contributed by atoms with Gasteiger partial charge in [-0.1, -0.05) is 44.9 Å². The molecule has 0 aliphatic heterocycles. The van der Waals surface area contributed by atoms with Gasteiger partial charge in [-0.3, -0.25) is 4.79 Å². The van der Waals surface area contributed by atoms with E-state index in [1.165, 1.54) is 57.8 Å². The monoisotopic (exact) mass is 283 g/mol. The van der Waals surface area contributed by atoms with Crippen molar-refractivity contribution < 1.29 is 9.53 Å². The van der Waals surface area contributed by atoms with Gasteiger partial charge in [0.25, 0.3) is 0 Å². The van der Waals surface area contributed by atoms with E-state index in [-0.39, 0.29) is 12.1 Å². The summed E-state index contributed by atoms with van der Waals surface area (Å²) in [7, 11) is 0. The molecule has 0 aromatic rings. The van der Waals surface area contributed by atoms with Gasteiger partial charge in [-0.2, -0.15) is 0 Å². The maximum atomic E-state index is 11.8. The SMILES string of the molecule is NCCCCC(=O)OC1CCCCCCCCCCC1. The van der Waals surface area contributed by atoms with E-state index in [0.29, 0.717) is 13.0 Å². The molecule has 1 fully saturated rings. The Bertz CT molecular complexity index is 231. The molecule has 1 aliphatic rings. The van der Waals surface area contributed by atoms with E-state index < -0.39 is 0 Å². The topological polar surface area (TPSA) is 52.3 Å². The number of ether oxygens (including phenoxy) is 1. The van der Waals surface area contributed by atoms with E-state index in [2.05, 4.69) is 0 Å². The summed E-state index contributed by atoms with van der Waals surface area (Å²) in [6.45, 7) is 0.663. The van der Waals surface area contributed by atoms with Crippen LogP contribution in [-0.2, 0) is 9.53 Å². The van der Waals surface area contributed by atoms with Crippen LogP contribution in [0.25, 0.3) is 0 Å². The molecule has 0 aromatic carbocycles. The molecule has 0 heterocycles. The number of unbranched alkanes of at least 4 members (excludes halogenated alkanes) is 1. The lowest BCUT2D eigenvalue weighted by molar-refractivity contribution is -0.150. The van der Waals surface area contributed by atoms with Gasteiger partial charge < -0.3 is 10.5 Å². The van der Waals surface area contributed by atoms with Crippen molar-refractivity contribution in [2.24, 2.45) is 5.73 Å². The van der Waals surface area contributed by atoms with Gasteiger partial charge in [-0.05, 0) is 45.1 Å². The highest BCUT2D eigenvalue weighted by molar-refractivity contribution is 5.69. The first-order valence-electron chi connectivity index (χ1n) is 8.72. The summed E-state index contributed by atoms with van der Waals surface area (Å²) >= 11 is 0. The summed E-state index contributed by atoms with van der Waals surface area (Å²) in [6, 6.07) is 0. The van der Waals surface area contributed by atoms with Crippen molar-refractivity contribution >= 4 is 5.97 Å². The maximum absolute atomic E-state index is 11.8. The first-order valence-corrected chi connectivity index (χ1v) is 8.72. The van der Waals surface area contributed by atoms with Crippen molar-refractivity contribution in [3.05, 3.63) is 0 Å². The van der Waals surface area contributed by atoms with Crippen molar-refractivity contribution in [2.45, 2.75) is 96.0 Å². The highest BCUT2D eigenvalue weighted by atomic mass is 16.5. The fourth-order valence-electron chi connectivity index (χ4n) is 2.90. The Morgan fingerprint density at radius 2 is 1.35 bits per heavy atom. The average Bonchev–Trinajstić information content (AvgIpc) is 2.42. The Labute approximate surface area is 124 Å². The van der Waals surface area contributed by atoms with Crippen LogP contribution in [0, 0.1) is 0 Å². The number of rotatable bonds is 5. The van der Waals surface area contributed by atoms with E-state index >= 15 is 0 Å².